The lowest BCUT2D eigenvalue weighted by atomic mass is 9.85. The fraction of sp³-hybridized carbons (Fsp3) is 0.450. The molecule has 25 heavy (non-hydrogen) atoms. The molecule has 1 saturated heterocycles. The summed E-state index contributed by atoms with van der Waals surface area (Å²) in [5.41, 5.74) is 0.946. The number of likely N-dealkylation sites (tertiary alicyclic amines) is 1. The monoisotopic (exact) mass is 338 g/mol. The number of imide groups is 1. The summed E-state index contributed by atoms with van der Waals surface area (Å²) in [6, 6.07) is 8.80. The van der Waals surface area contributed by atoms with Gasteiger partial charge in [-0.2, -0.15) is 0 Å². The smallest absolute Gasteiger partial charge is 0.245 e. The SMILES string of the molecule is CN(C)C(=O)[C@@H](Cc1ccccc1)N1C(=O)[C@@H]2[C@H](C1=O)[C@H]1C=C[C@H]2C1. The molecule has 3 aliphatic rings. The van der Waals surface area contributed by atoms with E-state index in [-0.39, 0.29) is 41.4 Å². The van der Waals surface area contributed by atoms with Crippen molar-refractivity contribution in [2.75, 3.05) is 14.1 Å². The minimum Gasteiger partial charge on any atom is -0.347 e. The van der Waals surface area contributed by atoms with E-state index in [4.69, 9.17) is 0 Å². The van der Waals surface area contributed by atoms with E-state index in [2.05, 4.69) is 12.2 Å². The first kappa shape index (κ1) is 16.1. The predicted octanol–water partition coefficient (Wildman–Crippen LogP) is 1.49. The summed E-state index contributed by atoms with van der Waals surface area (Å²) in [7, 11) is 3.33. The van der Waals surface area contributed by atoms with Crippen LogP contribution in [0.2, 0.25) is 0 Å². The van der Waals surface area contributed by atoms with Gasteiger partial charge in [0.15, 0.2) is 0 Å². The molecule has 1 aromatic rings. The highest BCUT2D eigenvalue weighted by atomic mass is 16.2. The first-order valence-electron chi connectivity index (χ1n) is 8.79. The lowest BCUT2D eigenvalue weighted by Gasteiger charge is -2.29. The van der Waals surface area contributed by atoms with Crippen LogP contribution in [0.15, 0.2) is 42.5 Å². The van der Waals surface area contributed by atoms with Crippen LogP contribution in [0.5, 0.6) is 0 Å². The van der Waals surface area contributed by atoms with E-state index in [1.165, 1.54) is 9.80 Å². The van der Waals surface area contributed by atoms with Crippen LogP contribution < -0.4 is 0 Å². The highest BCUT2D eigenvalue weighted by molar-refractivity contribution is 6.09. The summed E-state index contributed by atoms with van der Waals surface area (Å²) in [6.45, 7) is 0. The zero-order valence-corrected chi connectivity index (χ0v) is 14.5. The van der Waals surface area contributed by atoms with E-state index in [9.17, 15) is 14.4 Å². The number of carbonyl (C=O) groups is 3. The van der Waals surface area contributed by atoms with Gasteiger partial charge in [-0.25, -0.2) is 0 Å². The average molecular weight is 338 g/mol. The maximum absolute atomic E-state index is 13.0. The van der Waals surface area contributed by atoms with Crippen LogP contribution in [0.3, 0.4) is 0 Å². The molecule has 2 aliphatic carbocycles. The second-order valence-corrected chi connectivity index (χ2v) is 7.48. The summed E-state index contributed by atoms with van der Waals surface area (Å²) in [5, 5.41) is 0. The minimum absolute atomic E-state index is 0.156. The highest BCUT2D eigenvalue weighted by Gasteiger charge is 2.61. The van der Waals surface area contributed by atoms with Gasteiger partial charge in [-0.15, -0.1) is 0 Å². The van der Waals surface area contributed by atoms with Crippen molar-refractivity contribution in [1.29, 1.82) is 0 Å². The Balaban J connectivity index is 1.67. The summed E-state index contributed by atoms with van der Waals surface area (Å²) < 4.78 is 0. The minimum atomic E-state index is -0.762. The summed E-state index contributed by atoms with van der Waals surface area (Å²) >= 11 is 0. The molecule has 0 N–H and O–H groups in total. The molecule has 1 saturated carbocycles. The summed E-state index contributed by atoms with van der Waals surface area (Å²) in [5.74, 6) is -0.755. The fourth-order valence-electron chi connectivity index (χ4n) is 4.66. The Kier molecular flexibility index (Phi) is 3.74. The Bertz CT molecular complexity index is 725. The third kappa shape index (κ3) is 2.41. The highest BCUT2D eigenvalue weighted by Crippen LogP contribution is 2.53. The molecular formula is C20H22N2O3. The Hall–Kier alpha value is -2.43. The number of likely N-dealkylation sites (N-methyl/N-ethyl adjacent to an activating group) is 1. The van der Waals surface area contributed by atoms with Gasteiger partial charge in [0, 0.05) is 20.5 Å². The van der Waals surface area contributed by atoms with E-state index in [0.717, 1.165) is 12.0 Å². The van der Waals surface area contributed by atoms with Gasteiger partial charge in [0.05, 0.1) is 11.8 Å². The number of amides is 3. The Labute approximate surface area is 147 Å². The molecular weight excluding hydrogens is 316 g/mol. The number of hydrogen-bond donors (Lipinski definition) is 0. The van der Waals surface area contributed by atoms with E-state index in [1.54, 1.807) is 14.1 Å². The van der Waals surface area contributed by atoms with Crippen LogP contribution >= 0.6 is 0 Å². The molecule has 0 unspecified atom stereocenters. The maximum atomic E-state index is 13.0. The zero-order chi connectivity index (χ0) is 17.7. The van der Waals surface area contributed by atoms with Gasteiger partial charge in [0.2, 0.25) is 17.7 Å². The molecule has 5 nitrogen and oxygen atoms in total. The van der Waals surface area contributed by atoms with E-state index in [0.29, 0.717) is 6.42 Å². The molecule has 1 aromatic carbocycles. The number of carbonyl (C=O) groups excluding carboxylic acids is 3. The van der Waals surface area contributed by atoms with Gasteiger partial charge in [-0.05, 0) is 23.8 Å². The predicted molar refractivity (Wildman–Crippen MR) is 92.2 cm³/mol. The van der Waals surface area contributed by atoms with Gasteiger partial charge in [0.25, 0.3) is 0 Å². The molecule has 3 amide bonds. The van der Waals surface area contributed by atoms with Crippen LogP contribution in [0.1, 0.15) is 12.0 Å². The van der Waals surface area contributed by atoms with E-state index in [1.807, 2.05) is 30.3 Å². The maximum Gasteiger partial charge on any atom is 0.245 e. The standard InChI is InChI=1S/C20H22N2O3/c1-21(2)18(23)15(10-12-6-4-3-5-7-12)22-19(24)16-13-8-9-14(11-13)17(16)20(22)25/h3-9,13-17H,10-11H2,1-2H3/t13-,14-,15+,16-,17+/m0/s1. The first-order chi connectivity index (χ1) is 12.0. The average Bonchev–Trinajstić information content (AvgIpc) is 3.28. The van der Waals surface area contributed by atoms with Crippen LogP contribution in [-0.4, -0.2) is 47.7 Å². The molecule has 0 radical (unpaired) electrons. The van der Waals surface area contributed by atoms with Gasteiger partial charge in [-0.1, -0.05) is 42.5 Å². The van der Waals surface area contributed by atoms with E-state index >= 15 is 0 Å². The normalized spacial score (nSPS) is 30.7. The second kappa shape index (κ2) is 5.83. The Morgan fingerprint density at radius 3 is 2.16 bits per heavy atom. The van der Waals surface area contributed by atoms with Gasteiger partial charge < -0.3 is 4.90 Å². The van der Waals surface area contributed by atoms with Crippen LogP contribution in [0.25, 0.3) is 0 Å². The number of fused-ring (bicyclic) bond motifs is 5. The summed E-state index contributed by atoms with van der Waals surface area (Å²) in [6.07, 6.45) is 5.39. The second-order valence-electron chi connectivity index (χ2n) is 7.48. The van der Waals surface area contributed by atoms with Crippen molar-refractivity contribution in [3.05, 3.63) is 48.0 Å². The van der Waals surface area contributed by atoms with Crippen LogP contribution in [0, 0.1) is 23.7 Å². The zero-order valence-electron chi connectivity index (χ0n) is 14.5. The first-order valence-corrected chi connectivity index (χ1v) is 8.79. The molecule has 2 bridgehead atoms. The van der Waals surface area contributed by atoms with Gasteiger partial charge in [0.1, 0.15) is 6.04 Å². The molecule has 1 aliphatic heterocycles. The van der Waals surface area contributed by atoms with Crippen molar-refractivity contribution in [2.24, 2.45) is 23.7 Å². The lowest BCUT2D eigenvalue weighted by molar-refractivity contribution is -0.151. The molecule has 1 heterocycles. The molecule has 0 aromatic heterocycles. The number of hydrogen-bond acceptors (Lipinski definition) is 3. The van der Waals surface area contributed by atoms with E-state index < -0.39 is 6.04 Å². The number of benzene rings is 1. The molecule has 5 heteroatoms. The number of allylic oxidation sites excluding steroid dienone is 2. The molecule has 130 valence electrons. The number of rotatable bonds is 4. The largest absolute Gasteiger partial charge is 0.347 e. The Morgan fingerprint density at radius 2 is 1.64 bits per heavy atom. The third-order valence-electron chi connectivity index (χ3n) is 5.81. The third-order valence-corrected chi connectivity index (χ3v) is 5.81. The van der Waals surface area contributed by atoms with Crippen molar-refractivity contribution in [1.82, 2.24) is 9.80 Å². The number of nitrogens with zero attached hydrogens (tertiary/aromatic N) is 2. The van der Waals surface area contributed by atoms with Crippen molar-refractivity contribution < 1.29 is 14.4 Å². The van der Waals surface area contributed by atoms with Crippen molar-refractivity contribution in [3.8, 4) is 0 Å². The Morgan fingerprint density at radius 1 is 1.08 bits per heavy atom. The van der Waals surface area contributed by atoms with Crippen molar-refractivity contribution >= 4 is 17.7 Å². The van der Waals surface area contributed by atoms with Gasteiger partial charge in [-0.3, -0.25) is 19.3 Å². The van der Waals surface area contributed by atoms with Crippen LogP contribution in [-0.2, 0) is 20.8 Å². The molecule has 5 atom stereocenters. The fourth-order valence-corrected chi connectivity index (χ4v) is 4.66. The van der Waals surface area contributed by atoms with Crippen LogP contribution in [0.4, 0.5) is 0 Å². The molecule has 4 rings (SSSR count). The molecule has 2 fully saturated rings. The van der Waals surface area contributed by atoms with Gasteiger partial charge >= 0.3 is 0 Å². The topological polar surface area (TPSA) is 57.7 Å². The summed E-state index contributed by atoms with van der Waals surface area (Å²) in [4.78, 5) is 41.6. The van der Waals surface area contributed by atoms with Crippen molar-refractivity contribution in [2.45, 2.75) is 18.9 Å². The van der Waals surface area contributed by atoms with Crippen molar-refractivity contribution in [3.63, 3.8) is 0 Å². The quantitative estimate of drug-likeness (QED) is 0.617. The lowest BCUT2D eigenvalue weighted by Crippen LogP contribution is -2.51. The molecule has 0 spiro atoms.